The Kier molecular flexibility index (Phi) is 3.05. The van der Waals surface area contributed by atoms with E-state index in [2.05, 4.69) is 27.8 Å². The molecule has 1 fully saturated rings. The van der Waals surface area contributed by atoms with Gasteiger partial charge in [-0.25, -0.2) is 4.79 Å². The van der Waals surface area contributed by atoms with Crippen molar-refractivity contribution in [2.24, 2.45) is 0 Å². The minimum Gasteiger partial charge on any atom is -0.478 e. The minimum atomic E-state index is -0.880. The Labute approximate surface area is 119 Å². The molecule has 3 nitrogen and oxygen atoms in total. The third kappa shape index (κ3) is 2.25. The van der Waals surface area contributed by atoms with Crippen molar-refractivity contribution < 1.29 is 9.90 Å². The number of rotatable bonds is 3. The van der Waals surface area contributed by atoms with Crippen molar-refractivity contribution in [2.75, 3.05) is 0 Å². The fourth-order valence-electron chi connectivity index (χ4n) is 2.33. The molecule has 98 valence electrons. The number of aromatic nitrogens is 1. The van der Waals surface area contributed by atoms with Crippen molar-refractivity contribution in [2.45, 2.75) is 32.1 Å². The molecule has 1 saturated carbocycles. The molecule has 0 radical (unpaired) electrons. The van der Waals surface area contributed by atoms with Crippen LogP contribution in [0.4, 0.5) is 0 Å². The molecule has 3 rings (SSSR count). The van der Waals surface area contributed by atoms with E-state index < -0.39 is 5.97 Å². The normalized spacial score (nSPS) is 14.8. The van der Waals surface area contributed by atoms with Crippen molar-refractivity contribution in [1.82, 2.24) is 4.98 Å². The standard InChI is InChI=1S/C15H14BrNO2/c1-2-8-5-10-11(15(18)19)7-13(9-3-4-9)17-14(10)12(16)6-8/h5-7,9H,2-4H2,1H3,(H,18,19). The van der Waals surface area contributed by atoms with Gasteiger partial charge in [0, 0.05) is 21.5 Å². The predicted molar refractivity (Wildman–Crippen MR) is 77.8 cm³/mol. The van der Waals surface area contributed by atoms with Crippen molar-refractivity contribution in [3.8, 4) is 0 Å². The van der Waals surface area contributed by atoms with Crippen LogP contribution in [0.1, 0.15) is 47.3 Å². The molecular formula is C15H14BrNO2. The second-order valence-electron chi connectivity index (χ2n) is 5.00. The average Bonchev–Trinajstić information content (AvgIpc) is 3.21. The first-order valence-corrected chi connectivity index (χ1v) is 7.25. The molecular weight excluding hydrogens is 306 g/mol. The number of carboxylic acids is 1. The van der Waals surface area contributed by atoms with Crippen LogP contribution in [0.2, 0.25) is 0 Å². The summed E-state index contributed by atoms with van der Waals surface area (Å²) in [5.41, 5.74) is 3.15. The summed E-state index contributed by atoms with van der Waals surface area (Å²) in [5, 5.41) is 10.1. The Balaban J connectivity index is 2.33. The first-order valence-electron chi connectivity index (χ1n) is 6.46. The van der Waals surface area contributed by atoms with Gasteiger partial charge in [0.1, 0.15) is 0 Å². The molecule has 0 spiro atoms. The Hall–Kier alpha value is -1.42. The number of fused-ring (bicyclic) bond motifs is 1. The third-order valence-corrected chi connectivity index (χ3v) is 4.19. The first-order chi connectivity index (χ1) is 9.10. The molecule has 0 bridgehead atoms. The molecule has 0 aliphatic heterocycles. The smallest absolute Gasteiger partial charge is 0.336 e. The molecule has 0 amide bonds. The highest BCUT2D eigenvalue weighted by Gasteiger charge is 2.27. The molecule has 0 unspecified atom stereocenters. The fraction of sp³-hybridized carbons (Fsp3) is 0.333. The Bertz CT molecular complexity index is 677. The van der Waals surface area contributed by atoms with Crippen LogP contribution in [0, 0.1) is 0 Å². The molecule has 1 aromatic heterocycles. The van der Waals surface area contributed by atoms with Gasteiger partial charge in [-0.15, -0.1) is 0 Å². The molecule has 2 aromatic rings. The number of benzene rings is 1. The van der Waals surface area contributed by atoms with Crippen LogP contribution < -0.4 is 0 Å². The maximum absolute atomic E-state index is 11.5. The third-order valence-electron chi connectivity index (χ3n) is 3.58. The average molecular weight is 320 g/mol. The summed E-state index contributed by atoms with van der Waals surface area (Å²) in [6.07, 6.45) is 3.10. The zero-order valence-electron chi connectivity index (χ0n) is 10.6. The summed E-state index contributed by atoms with van der Waals surface area (Å²) in [4.78, 5) is 16.1. The quantitative estimate of drug-likeness (QED) is 0.925. The summed E-state index contributed by atoms with van der Waals surface area (Å²) < 4.78 is 0.881. The number of nitrogens with zero attached hydrogens (tertiary/aromatic N) is 1. The van der Waals surface area contributed by atoms with Crippen molar-refractivity contribution in [3.05, 3.63) is 39.5 Å². The van der Waals surface area contributed by atoms with E-state index in [4.69, 9.17) is 0 Å². The summed E-state index contributed by atoms with van der Waals surface area (Å²) in [5.74, 6) is -0.435. The van der Waals surface area contributed by atoms with Crippen LogP contribution in [-0.4, -0.2) is 16.1 Å². The van der Waals surface area contributed by atoms with Gasteiger partial charge in [0.05, 0.1) is 11.1 Å². The molecule has 4 heteroatoms. The van der Waals surface area contributed by atoms with E-state index >= 15 is 0 Å². The number of aromatic carboxylic acids is 1. The van der Waals surface area contributed by atoms with Crippen molar-refractivity contribution in [1.29, 1.82) is 0 Å². The maximum atomic E-state index is 11.5. The topological polar surface area (TPSA) is 50.2 Å². The second kappa shape index (κ2) is 4.60. The highest BCUT2D eigenvalue weighted by molar-refractivity contribution is 9.10. The van der Waals surface area contributed by atoms with Crippen LogP contribution >= 0.6 is 15.9 Å². The lowest BCUT2D eigenvalue weighted by Gasteiger charge is -2.09. The van der Waals surface area contributed by atoms with Crippen LogP contribution in [-0.2, 0) is 6.42 Å². The Morgan fingerprint density at radius 2 is 2.16 bits per heavy atom. The van der Waals surface area contributed by atoms with Gasteiger partial charge in [0.25, 0.3) is 0 Å². The lowest BCUT2D eigenvalue weighted by molar-refractivity contribution is 0.0699. The maximum Gasteiger partial charge on any atom is 0.336 e. The highest BCUT2D eigenvalue weighted by Crippen LogP contribution is 2.41. The van der Waals surface area contributed by atoms with E-state index in [0.717, 1.165) is 45.9 Å². The van der Waals surface area contributed by atoms with Gasteiger partial charge in [-0.3, -0.25) is 4.98 Å². The van der Waals surface area contributed by atoms with E-state index in [-0.39, 0.29) is 0 Å². The molecule has 1 N–H and O–H groups in total. The van der Waals surface area contributed by atoms with E-state index in [1.807, 2.05) is 12.1 Å². The zero-order valence-corrected chi connectivity index (χ0v) is 12.2. The fourth-order valence-corrected chi connectivity index (χ4v) is 2.93. The van der Waals surface area contributed by atoms with Gasteiger partial charge in [0.15, 0.2) is 0 Å². The van der Waals surface area contributed by atoms with Crippen LogP contribution in [0.25, 0.3) is 10.9 Å². The number of pyridine rings is 1. The largest absolute Gasteiger partial charge is 0.478 e. The summed E-state index contributed by atoms with van der Waals surface area (Å²) >= 11 is 3.52. The number of hydrogen-bond donors (Lipinski definition) is 1. The van der Waals surface area contributed by atoms with E-state index in [0.29, 0.717) is 11.5 Å². The number of hydrogen-bond acceptors (Lipinski definition) is 2. The molecule has 0 atom stereocenters. The van der Waals surface area contributed by atoms with Gasteiger partial charge in [-0.05, 0) is 59.0 Å². The number of aryl methyl sites for hydroxylation is 1. The first kappa shape index (κ1) is 12.6. The number of carbonyl (C=O) groups is 1. The number of halogens is 1. The summed E-state index contributed by atoms with van der Waals surface area (Å²) in [6, 6.07) is 5.71. The lowest BCUT2D eigenvalue weighted by Crippen LogP contribution is -2.02. The summed E-state index contributed by atoms with van der Waals surface area (Å²) in [7, 11) is 0. The Morgan fingerprint density at radius 3 is 2.74 bits per heavy atom. The van der Waals surface area contributed by atoms with Gasteiger partial charge in [-0.1, -0.05) is 6.92 Å². The molecule has 1 heterocycles. The molecule has 1 aliphatic carbocycles. The van der Waals surface area contributed by atoms with Crippen LogP contribution in [0.15, 0.2) is 22.7 Å². The van der Waals surface area contributed by atoms with Crippen LogP contribution in [0.3, 0.4) is 0 Å². The van der Waals surface area contributed by atoms with Crippen LogP contribution in [0.5, 0.6) is 0 Å². The summed E-state index contributed by atoms with van der Waals surface area (Å²) in [6.45, 7) is 2.06. The van der Waals surface area contributed by atoms with Gasteiger partial charge in [-0.2, -0.15) is 0 Å². The van der Waals surface area contributed by atoms with E-state index in [9.17, 15) is 9.90 Å². The SMILES string of the molecule is CCc1cc(Br)c2nc(C3CC3)cc(C(=O)O)c2c1. The van der Waals surface area contributed by atoms with Crippen molar-refractivity contribution >= 4 is 32.8 Å². The second-order valence-corrected chi connectivity index (χ2v) is 5.86. The van der Waals surface area contributed by atoms with E-state index in [1.165, 1.54) is 0 Å². The Morgan fingerprint density at radius 1 is 1.42 bits per heavy atom. The molecule has 1 aliphatic rings. The van der Waals surface area contributed by atoms with Gasteiger partial charge >= 0.3 is 5.97 Å². The predicted octanol–water partition coefficient (Wildman–Crippen LogP) is 4.14. The molecule has 1 aromatic carbocycles. The van der Waals surface area contributed by atoms with Gasteiger partial charge in [0.2, 0.25) is 0 Å². The lowest BCUT2D eigenvalue weighted by atomic mass is 10.0. The highest BCUT2D eigenvalue weighted by atomic mass is 79.9. The minimum absolute atomic E-state index is 0.364. The zero-order chi connectivity index (χ0) is 13.6. The van der Waals surface area contributed by atoms with Crippen molar-refractivity contribution in [3.63, 3.8) is 0 Å². The van der Waals surface area contributed by atoms with E-state index in [1.54, 1.807) is 6.07 Å². The number of carboxylic acid groups (broad SMARTS) is 1. The molecule has 19 heavy (non-hydrogen) atoms. The molecule has 0 saturated heterocycles. The monoisotopic (exact) mass is 319 g/mol. The van der Waals surface area contributed by atoms with Gasteiger partial charge < -0.3 is 5.11 Å².